The Labute approximate surface area is 308 Å². The third kappa shape index (κ3) is 6.35. The molecule has 0 unspecified atom stereocenters. The highest BCUT2D eigenvalue weighted by molar-refractivity contribution is 7.89. The molecule has 0 fully saturated rings. The normalized spacial score (nSPS) is 13.1. The van der Waals surface area contributed by atoms with E-state index in [0.717, 1.165) is 11.1 Å². The number of nitrogens with zero attached hydrogens (tertiary/aromatic N) is 2. The molecule has 0 saturated heterocycles. The summed E-state index contributed by atoms with van der Waals surface area (Å²) in [6.45, 7) is 11.3. The van der Waals surface area contributed by atoms with Crippen LogP contribution >= 0.6 is 0 Å². The Balaban J connectivity index is 1.81. The van der Waals surface area contributed by atoms with Gasteiger partial charge in [0.05, 0.1) is 32.3 Å². The smallest absolute Gasteiger partial charge is 0.243 e. The van der Waals surface area contributed by atoms with Gasteiger partial charge in [0.15, 0.2) is 11.6 Å². The fourth-order valence-corrected chi connectivity index (χ4v) is 9.99. The first-order valence-electron chi connectivity index (χ1n) is 17.5. The first-order valence-corrected chi connectivity index (χ1v) is 20.4. The first kappa shape index (κ1) is 38.9. The monoisotopic (exact) mass is 744 g/mol. The van der Waals surface area contributed by atoms with Crippen molar-refractivity contribution in [3.8, 4) is 0 Å². The number of hydrogen-bond acceptors (Lipinski definition) is 8. The maximum absolute atomic E-state index is 14.5. The van der Waals surface area contributed by atoms with E-state index in [1.54, 1.807) is 50.2 Å². The average Bonchev–Trinajstić information content (AvgIpc) is 3.10. The van der Waals surface area contributed by atoms with Crippen LogP contribution in [0.1, 0.15) is 92.9 Å². The largest absolute Gasteiger partial charge is 0.354 e. The number of ketones is 2. The average molecular weight is 745 g/mol. The predicted molar refractivity (Wildman–Crippen MR) is 208 cm³/mol. The highest BCUT2D eigenvalue weighted by Gasteiger charge is 2.36. The van der Waals surface area contributed by atoms with Crippen LogP contribution in [0.5, 0.6) is 0 Å². The topological polar surface area (TPSA) is 133 Å². The molecule has 0 radical (unpaired) electrons. The molecule has 0 aliphatic heterocycles. The van der Waals surface area contributed by atoms with E-state index in [0.29, 0.717) is 70.7 Å². The van der Waals surface area contributed by atoms with Crippen LogP contribution in [-0.4, -0.2) is 65.2 Å². The second-order valence-electron chi connectivity index (χ2n) is 13.4. The molecule has 0 aromatic heterocycles. The first-order chi connectivity index (χ1) is 24.5. The molecule has 276 valence electrons. The Bertz CT molecular complexity index is 2180. The van der Waals surface area contributed by atoms with Crippen LogP contribution in [0.4, 0.5) is 22.7 Å². The summed E-state index contributed by atoms with van der Waals surface area (Å²) in [5.41, 5.74) is 6.89. The molecule has 5 rings (SSSR count). The summed E-state index contributed by atoms with van der Waals surface area (Å²) in [4.78, 5) is 29.4. The van der Waals surface area contributed by atoms with Crippen molar-refractivity contribution in [3.63, 3.8) is 0 Å². The molecule has 0 atom stereocenters. The number of carbonyl (C=O) groups excluding carboxylic acids is 2. The van der Waals surface area contributed by atoms with Crippen molar-refractivity contribution in [1.29, 1.82) is 0 Å². The fraction of sp³-hybridized carbons (Fsp3) is 0.350. The van der Waals surface area contributed by atoms with Crippen LogP contribution in [-0.2, 0) is 45.7 Å². The molecule has 1 aliphatic rings. The van der Waals surface area contributed by atoms with E-state index in [1.807, 2.05) is 39.8 Å². The van der Waals surface area contributed by atoms with Gasteiger partial charge < -0.3 is 10.6 Å². The van der Waals surface area contributed by atoms with Gasteiger partial charge in [-0.1, -0.05) is 64.1 Å². The van der Waals surface area contributed by atoms with Crippen molar-refractivity contribution in [3.05, 3.63) is 104 Å². The number of anilines is 4. The number of hydrogen-bond donors (Lipinski definition) is 2. The summed E-state index contributed by atoms with van der Waals surface area (Å²) >= 11 is 0. The predicted octanol–water partition coefficient (Wildman–Crippen LogP) is 7.32. The lowest BCUT2D eigenvalue weighted by molar-refractivity contribution is 0.0980. The van der Waals surface area contributed by atoms with Crippen molar-refractivity contribution in [1.82, 2.24) is 8.61 Å². The number of benzene rings is 4. The lowest BCUT2D eigenvalue weighted by Crippen LogP contribution is -2.26. The van der Waals surface area contributed by atoms with Gasteiger partial charge in [0, 0.05) is 50.7 Å². The molecule has 1 aliphatic carbocycles. The van der Waals surface area contributed by atoms with Crippen molar-refractivity contribution < 1.29 is 26.4 Å². The maximum atomic E-state index is 14.5. The molecule has 4 aromatic rings. The molecular weight excluding hydrogens is 697 g/mol. The Morgan fingerprint density at radius 3 is 1.19 bits per heavy atom. The molecule has 0 saturated carbocycles. The second kappa shape index (κ2) is 14.6. The van der Waals surface area contributed by atoms with Crippen molar-refractivity contribution in [2.45, 2.75) is 77.0 Å². The molecule has 4 aromatic carbocycles. The molecule has 12 heteroatoms. The van der Waals surface area contributed by atoms with Crippen LogP contribution in [0.15, 0.2) is 58.3 Å². The zero-order valence-corrected chi connectivity index (χ0v) is 33.2. The number of carbonyl (C=O) groups is 2. The quantitative estimate of drug-likeness (QED) is 0.136. The van der Waals surface area contributed by atoms with Crippen molar-refractivity contribution in [2.24, 2.45) is 0 Å². The summed E-state index contributed by atoms with van der Waals surface area (Å²) in [6, 6.07) is 13.9. The van der Waals surface area contributed by atoms with Gasteiger partial charge in [0.2, 0.25) is 20.0 Å². The zero-order chi connectivity index (χ0) is 38.4. The van der Waals surface area contributed by atoms with Gasteiger partial charge in [-0.2, -0.15) is 0 Å². The summed E-state index contributed by atoms with van der Waals surface area (Å²) in [6.07, 6.45) is 1.95. The minimum absolute atomic E-state index is 0.153. The molecule has 2 N–H and O–H groups in total. The Hall–Kier alpha value is -4.36. The van der Waals surface area contributed by atoms with E-state index in [9.17, 15) is 26.4 Å². The van der Waals surface area contributed by atoms with Gasteiger partial charge in [-0.3, -0.25) is 9.59 Å². The minimum atomic E-state index is -3.83. The Kier molecular flexibility index (Phi) is 10.9. The molecular formula is C40H48N4O6S2. The number of rotatable bonds is 12. The lowest BCUT2D eigenvalue weighted by atomic mass is 9.82. The van der Waals surface area contributed by atoms with E-state index in [-0.39, 0.29) is 43.6 Å². The summed E-state index contributed by atoms with van der Waals surface area (Å²) in [5, 5.41) is 6.90. The van der Waals surface area contributed by atoms with Gasteiger partial charge in [-0.25, -0.2) is 25.4 Å². The zero-order valence-electron chi connectivity index (χ0n) is 31.6. The Morgan fingerprint density at radius 2 is 0.904 bits per heavy atom. The number of aryl methyl sites for hydroxylation is 4. The van der Waals surface area contributed by atoms with E-state index < -0.39 is 20.0 Å². The van der Waals surface area contributed by atoms with Gasteiger partial charge >= 0.3 is 0 Å². The van der Waals surface area contributed by atoms with Crippen LogP contribution in [0.25, 0.3) is 0 Å². The van der Waals surface area contributed by atoms with Crippen molar-refractivity contribution >= 4 is 54.4 Å². The summed E-state index contributed by atoms with van der Waals surface area (Å²) < 4.78 is 56.9. The lowest BCUT2D eigenvalue weighted by Gasteiger charge is -2.28. The molecule has 52 heavy (non-hydrogen) atoms. The second-order valence-corrected chi connectivity index (χ2v) is 17.6. The highest BCUT2D eigenvalue weighted by atomic mass is 32.2. The van der Waals surface area contributed by atoms with Gasteiger partial charge in [-0.05, 0) is 85.0 Å². The van der Waals surface area contributed by atoms with E-state index in [1.165, 1.54) is 36.8 Å². The maximum Gasteiger partial charge on any atom is 0.243 e. The standard InChI is InChI=1S/C40H48N4O6S2/c1-11-25-21-23(5)39(51(47,48)43(7)8)27(13-3)35(25)41-31-19-20-32(34-33(31)37(45)29-17-15-16-18-30(29)38(34)46)42-36-26(12-2)22-24(6)40(28(36)14-4)52(49,50)44(9)10/h15-22,41-42H,11-14H2,1-10H3. The molecule has 0 heterocycles. The van der Waals surface area contributed by atoms with Crippen LogP contribution < -0.4 is 10.6 Å². The molecule has 0 spiro atoms. The van der Waals surface area contributed by atoms with Crippen LogP contribution in [0, 0.1) is 13.8 Å². The fourth-order valence-electron chi connectivity index (χ4n) is 7.22. The molecule has 0 amide bonds. The van der Waals surface area contributed by atoms with Crippen LogP contribution in [0.3, 0.4) is 0 Å². The number of fused-ring (bicyclic) bond motifs is 2. The van der Waals surface area contributed by atoms with Crippen molar-refractivity contribution in [2.75, 3.05) is 38.8 Å². The van der Waals surface area contributed by atoms with Gasteiger partial charge in [-0.15, -0.1) is 0 Å². The number of sulfonamides is 2. The minimum Gasteiger partial charge on any atom is -0.354 e. The number of nitrogens with one attached hydrogen (secondary N) is 2. The summed E-state index contributed by atoms with van der Waals surface area (Å²) in [5.74, 6) is -0.709. The van der Waals surface area contributed by atoms with Gasteiger partial charge in [0.1, 0.15) is 0 Å². The molecule has 0 bridgehead atoms. The highest BCUT2D eigenvalue weighted by Crippen LogP contribution is 2.43. The van der Waals surface area contributed by atoms with E-state index in [2.05, 4.69) is 10.6 Å². The van der Waals surface area contributed by atoms with E-state index in [4.69, 9.17) is 0 Å². The summed E-state index contributed by atoms with van der Waals surface area (Å²) in [7, 11) is -1.66. The van der Waals surface area contributed by atoms with E-state index >= 15 is 0 Å². The van der Waals surface area contributed by atoms with Gasteiger partial charge in [0.25, 0.3) is 0 Å². The van der Waals surface area contributed by atoms with Crippen LogP contribution in [0.2, 0.25) is 0 Å². The molecule has 10 nitrogen and oxygen atoms in total. The Morgan fingerprint density at radius 1 is 0.558 bits per heavy atom. The third-order valence-corrected chi connectivity index (χ3v) is 13.9. The SMILES string of the molecule is CCc1cc(C)c(S(=O)(=O)N(C)C)c(CC)c1Nc1ccc(Nc2c(CC)cc(C)c(S(=O)(=O)N(C)C)c2CC)c2c1C(=O)c1ccccc1C2=O. The third-order valence-electron chi connectivity index (χ3n) is 9.83.